The van der Waals surface area contributed by atoms with Gasteiger partial charge in [0.15, 0.2) is 0 Å². The van der Waals surface area contributed by atoms with Gasteiger partial charge in [-0.3, -0.25) is 4.79 Å². The lowest BCUT2D eigenvalue weighted by Crippen LogP contribution is -2.55. The molecule has 2 aromatic heterocycles. The Morgan fingerprint density at radius 2 is 1.54 bits per heavy atom. The highest BCUT2D eigenvalue weighted by Crippen LogP contribution is 2.38. The zero-order valence-corrected chi connectivity index (χ0v) is 32.5. The fourth-order valence-corrected chi connectivity index (χ4v) is 13.1. The van der Waals surface area contributed by atoms with Crippen molar-refractivity contribution in [3.63, 3.8) is 0 Å². The van der Waals surface area contributed by atoms with Gasteiger partial charge in [0.1, 0.15) is 24.8 Å². The molecule has 16 heteroatoms. The number of carboxylic acid groups (broad SMARTS) is 1. The number of carbonyl (C=O) groups is 1. The van der Waals surface area contributed by atoms with Gasteiger partial charge in [-0.2, -0.15) is 9.03 Å². The van der Waals surface area contributed by atoms with Gasteiger partial charge in [0.05, 0.1) is 4.47 Å². The minimum Gasteiger partial charge on any atom is -0.480 e. The number of aliphatic carboxylic acids is 1. The molecule has 0 saturated carbocycles. The van der Waals surface area contributed by atoms with Gasteiger partial charge in [-0.1, -0.05) is 55.1 Å². The van der Waals surface area contributed by atoms with Crippen LogP contribution >= 0.6 is 54.8 Å². The number of halogens is 3. The summed E-state index contributed by atoms with van der Waals surface area (Å²) in [7, 11) is -7.68. The van der Waals surface area contributed by atoms with E-state index in [-0.39, 0.29) is 21.9 Å². The average molecular weight is 865 g/mol. The van der Waals surface area contributed by atoms with E-state index in [9.17, 15) is 26.7 Å². The molecular weight excluding hydrogens is 828 g/mol. The first-order valence-electron chi connectivity index (χ1n) is 16.0. The maximum Gasteiger partial charge on any atom is 0.325 e. The van der Waals surface area contributed by atoms with E-state index >= 15 is 0 Å². The normalized spacial score (nSPS) is 19.4. The second-order valence-electron chi connectivity index (χ2n) is 13.0. The van der Waals surface area contributed by atoms with Crippen LogP contribution in [0.25, 0.3) is 0 Å². The van der Waals surface area contributed by atoms with E-state index in [0.717, 1.165) is 80.5 Å². The van der Waals surface area contributed by atoms with Crippen molar-refractivity contribution in [2.24, 2.45) is 11.8 Å². The first-order valence-corrected chi connectivity index (χ1v) is 21.7. The molecule has 2 saturated heterocycles. The Labute approximate surface area is 307 Å². The SMILES string of the molecule is O=C(O)C1(NS(=O)(=O)c2cnc(N3CCC(CCCC4CCN(S(=O)(=O)c5cc(Br)c(Cl)s5)CC4)CC3)c(Br)c2)Cc2ccccc2C1. The maximum absolute atomic E-state index is 13.4. The Balaban J connectivity index is 0.966. The molecule has 10 nitrogen and oxygen atoms in total. The Morgan fingerprint density at radius 3 is 2.06 bits per heavy atom. The molecule has 2 fully saturated rings. The van der Waals surface area contributed by atoms with Gasteiger partial charge < -0.3 is 10.0 Å². The Hall–Kier alpha value is -1.59. The number of sulfonamides is 2. The smallest absolute Gasteiger partial charge is 0.325 e. The highest BCUT2D eigenvalue weighted by atomic mass is 79.9. The van der Waals surface area contributed by atoms with Crippen LogP contribution in [0.2, 0.25) is 4.34 Å². The highest BCUT2D eigenvalue weighted by molar-refractivity contribution is 9.11. The van der Waals surface area contributed by atoms with Crippen LogP contribution in [0.15, 0.2) is 60.6 Å². The zero-order chi connectivity index (χ0) is 34.3. The lowest BCUT2D eigenvalue weighted by atomic mass is 9.87. The number of pyridine rings is 1. The third kappa shape index (κ3) is 7.68. The molecule has 3 aliphatic rings. The number of aromatic nitrogens is 1. The molecule has 6 rings (SSSR count). The summed E-state index contributed by atoms with van der Waals surface area (Å²) in [6.45, 7) is 2.68. The summed E-state index contributed by atoms with van der Waals surface area (Å²) in [6.07, 6.45) is 8.53. The molecule has 3 aromatic rings. The van der Waals surface area contributed by atoms with E-state index in [4.69, 9.17) is 11.6 Å². The third-order valence-corrected chi connectivity index (χ3v) is 16.8. The van der Waals surface area contributed by atoms with Crippen molar-refractivity contribution < 1.29 is 26.7 Å². The zero-order valence-electron chi connectivity index (χ0n) is 26.1. The molecule has 0 atom stereocenters. The van der Waals surface area contributed by atoms with Crippen LogP contribution in [-0.4, -0.2) is 68.9 Å². The van der Waals surface area contributed by atoms with E-state index in [1.807, 2.05) is 24.3 Å². The van der Waals surface area contributed by atoms with E-state index in [0.29, 0.717) is 44.0 Å². The van der Waals surface area contributed by atoms with E-state index < -0.39 is 31.6 Å². The van der Waals surface area contributed by atoms with Crippen molar-refractivity contribution in [2.75, 3.05) is 31.1 Å². The first kappa shape index (κ1) is 36.2. The molecule has 0 radical (unpaired) electrons. The summed E-state index contributed by atoms with van der Waals surface area (Å²) in [5.74, 6) is 0.579. The van der Waals surface area contributed by atoms with Crippen molar-refractivity contribution in [1.29, 1.82) is 0 Å². The van der Waals surface area contributed by atoms with Crippen molar-refractivity contribution in [3.05, 3.63) is 67.0 Å². The maximum atomic E-state index is 13.4. The van der Waals surface area contributed by atoms with Gasteiger partial charge in [0, 0.05) is 49.7 Å². The summed E-state index contributed by atoms with van der Waals surface area (Å²) in [5, 5.41) is 10.1. The second-order valence-corrected chi connectivity index (χ2v) is 20.2. The molecule has 2 N–H and O–H groups in total. The standard InChI is InChI=1S/C32H37Br2ClN4O6S3/c33-26-17-28(46-29(26)35)48(44,45)39-14-10-22(11-15-39)5-3-4-21-8-12-38(13-9-21)30-27(34)16-25(20-36-30)47(42,43)37-32(31(40)41)18-23-6-1-2-7-24(23)19-32/h1-2,6-7,16-17,20-22,37H,3-5,8-15,18-19H2,(H,40,41). The highest BCUT2D eigenvalue weighted by Gasteiger charge is 2.47. The van der Waals surface area contributed by atoms with E-state index in [1.54, 1.807) is 10.4 Å². The molecule has 48 heavy (non-hydrogen) atoms. The van der Waals surface area contributed by atoms with Gasteiger partial charge in [0.2, 0.25) is 10.0 Å². The fourth-order valence-electron chi connectivity index (χ4n) is 7.14. The number of rotatable bonds is 11. The van der Waals surface area contributed by atoms with Gasteiger partial charge in [-0.25, -0.2) is 21.8 Å². The van der Waals surface area contributed by atoms with Gasteiger partial charge in [-0.15, -0.1) is 11.3 Å². The van der Waals surface area contributed by atoms with E-state index in [2.05, 4.69) is 46.5 Å². The van der Waals surface area contributed by atoms with Gasteiger partial charge in [-0.05, 0) is 92.6 Å². The Kier molecular flexibility index (Phi) is 11.0. The topological polar surface area (TPSA) is 137 Å². The van der Waals surface area contributed by atoms with Crippen LogP contribution in [0.3, 0.4) is 0 Å². The number of nitrogens with zero attached hydrogens (tertiary/aromatic N) is 3. The molecule has 1 aliphatic carbocycles. The number of piperidine rings is 2. The summed E-state index contributed by atoms with van der Waals surface area (Å²) >= 11 is 14.0. The lowest BCUT2D eigenvalue weighted by Gasteiger charge is -2.34. The molecule has 1 aromatic carbocycles. The summed E-state index contributed by atoms with van der Waals surface area (Å²) < 4.78 is 58.8. The fraction of sp³-hybridized carbons (Fsp3) is 0.500. The molecule has 260 valence electrons. The quantitative estimate of drug-likeness (QED) is 0.217. The third-order valence-electron chi connectivity index (χ3n) is 9.88. The molecule has 0 unspecified atom stereocenters. The second kappa shape index (κ2) is 14.6. The number of benzene rings is 1. The molecule has 2 aliphatic heterocycles. The van der Waals surface area contributed by atoms with Crippen molar-refractivity contribution >= 4 is 86.6 Å². The van der Waals surface area contributed by atoms with Crippen molar-refractivity contribution in [3.8, 4) is 0 Å². The summed E-state index contributed by atoms with van der Waals surface area (Å²) in [5.41, 5.74) is -0.00134. The minimum atomic E-state index is -4.17. The van der Waals surface area contributed by atoms with Crippen LogP contribution < -0.4 is 9.62 Å². The number of fused-ring (bicyclic) bond motifs is 1. The van der Waals surface area contributed by atoms with Gasteiger partial charge in [0.25, 0.3) is 10.0 Å². The predicted octanol–water partition coefficient (Wildman–Crippen LogP) is 6.71. The molecule has 0 spiro atoms. The number of anilines is 1. The largest absolute Gasteiger partial charge is 0.480 e. The monoisotopic (exact) mass is 862 g/mol. The summed E-state index contributed by atoms with van der Waals surface area (Å²) in [4.78, 5) is 18.9. The first-order chi connectivity index (χ1) is 22.8. The van der Waals surface area contributed by atoms with Crippen LogP contribution in [-0.2, 0) is 37.7 Å². The van der Waals surface area contributed by atoms with Crippen LogP contribution in [0.5, 0.6) is 0 Å². The van der Waals surface area contributed by atoms with Gasteiger partial charge >= 0.3 is 5.97 Å². The van der Waals surface area contributed by atoms with E-state index in [1.165, 1.54) is 12.3 Å². The molecule has 4 heterocycles. The van der Waals surface area contributed by atoms with Crippen molar-refractivity contribution in [1.82, 2.24) is 14.0 Å². The average Bonchev–Trinajstić information content (AvgIpc) is 3.61. The number of hydrogen-bond acceptors (Lipinski definition) is 8. The summed E-state index contributed by atoms with van der Waals surface area (Å²) in [6, 6.07) is 10.4. The Bertz CT molecular complexity index is 1850. The Morgan fingerprint density at radius 1 is 0.958 bits per heavy atom. The molecule has 0 amide bonds. The van der Waals surface area contributed by atoms with Crippen LogP contribution in [0, 0.1) is 11.8 Å². The predicted molar refractivity (Wildman–Crippen MR) is 194 cm³/mol. The number of hydrogen-bond donors (Lipinski definition) is 2. The number of nitrogens with one attached hydrogen (secondary N) is 1. The van der Waals surface area contributed by atoms with Crippen LogP contribution in [0.1, 0.15) is 56.1 Å². The number of thiophene rings is 1. The minimum absolute atomic E-state index is 0.0768. The van der Waals surface area contributed by atoms with Crippen LogP contribution in [0.4, 0.5) is 5.82 Å². The lowest BCUT2D eigenvalue weighted by molar-refractivity contribution is -0.143. The molecular formula is C32H37Br2ClN4O6S3. The van der Waals surface area contributed by atoms with Crippen molar-refractivity contribution in [2.45, 2.75) is 72.4 Å². The number of carboxylic acids is 1. The molecule has 0 bridgehead atoms.